The SMILES string of the molecule is Cn1nc(C(=O)Cc2cc(Cl)ccc2Cl)c2ccccc21. The number of carbonyl (C=O) groups excluding carboxylic acids is 1. The van der Waals surface area contributed by atoms with Crippen molar-refractivity contribution in [3.8, 4) is 0 Å². The van der Waals surface area contributed by atoms with Crippen molar-refractivity contribution in [2.45, 2.75) is 6.42 Å². The normalized spacial score (nSPS) is 11.0. The number of ketones is 1. The molecule has 3 aromatic rings. The summed E-state index contributed by atoms with van der Waals surface area (Å²) < 4.78 is 1.71. The second-order valence-electron chi connectivity index (χ2n) is 4.83. The van der Waals surface area contributed by atoms with Gasteiger partial charge in [-0.2, -0.15) is 5.10 Å². The first-order valence-electron chi connectivity index (χ1n) is 6.45. The standard InChI is InChI=1S/C16H12Cl2N2O/c1-20-14-5-3-2-4-12(14)16(19-20)15(21)9-10-8-11(17)6-7-13(10)18/h2-8H,9H2,1H3. The summed E-state index contributed by atoms with van der Waals surface area (Å²) in [5.74, 6) is -0.0732. The van der Waals surface area contributed by atoms with Crippen LogP contribution in [0.1, 0.15) is 16.1 Å². The molecule has 0 saturated heterocycles. The molecule has 0 unspecified atom stereocenters. The van der Waals surface area contributed by atoms with Crippen molar-refractivity contribution >= 4 is 39.9 Å². The minimum Gasteiger partial charge on any atom is -0.292 e. The molecule has 5 heteroatoms. The van der Waals surface area contributed by atoms with E-state index in [0.717, 1.165) is 10.9 Å². The minimum atomic E-state index is -0.0732. The molecule has 0 radical (unpaired) electrons. The van der Waals surface area contributed by atoms with Crippen molar-refractivity contribution in [2.75, 3.05) is 0 Å². The second-order valence-corrected chi connectivity index (χ2v) is 5.67. The molecule has 1 heterocycles. The van der Waals surface area contributed by atoms with Crippen LogP contribution in [0.5, 0.6) is 0 Å². The van der Waals surface area contributed by atoms with E-state index in [1.807, 2.05) is 31.3 Å². The van der Waals surface area contributed by atoms with E-state index in [0.29, 0.717) is 21.3 Å². The van der Waals surface area contributed by atoms with Crippen LogP contribution in [0, 0.1) is 0 Å². The molecule has 2 aromatic carbocycles. The van der Waals surface area contributed by atoms with Crippen LogP contribution in [0.2, 0.25) is 10.0 Å². The number of hydrogen-bond acceptors (Lipinski definition) is 2. The zero-order chi connectivity index (χ0) is 15.0. The van der Waals surface area contributed by atoms with Gasteiger partial charge in [0.05, 0.1) is 5.52 Å². The van der Waals surface area contributed by atoms with E-state index in [2.05, 4.69) is 5.10 Å². The van der Waals surface area contributed by atoms with Gasteiger partial charge >= 0.3 is 0 Å². The Morgan fingerprint density at radius 1 is 1.19 bits per heavy atom. The van der Waals surface area contributed by atoms with Gasteiger partial charge in [0.25, 0.3) is 0 Å². The van der Waals surface area contributed by atoms with Crippen LogP contribution in [0.25, 0.3) is 10.9 Å². The van der Waals surface area contributed by atoms with Gasteiger partial charge in [0.2, 0.25) is 0 Å². The molecule has 0 aliphatic carbocycles. The lowest BCUT2D eigenvalue weighted by Crippen LogP contribution is -2.06. The van der Waals surface area contributed by atoms with Gasteiger partial charge in [0.1, 0.15) is 5.69 Å². The third-order valence-corrected chi connectivity index (χ3v) is 3.98. The van der Waals surface area contributed by atoms with Crippen LogP contribution < -0.4 is 0 Å². The van der Waals surface area contributed by atoms with Crippen LogP contribution >= 0.6 is 23.2 Å². The Morgan fingerprint density at radius 2 is 1.95 bits per heavy atom. The summed E-state index contributed by atoms with van der Waals surface area (Å²) in [5, 5.41) is 6.28. The number of Topliss-reactive ketones (excluding diaryl/α,β-unsaturated/α-hetero) is 1. The summed E-state index contributed by atoms with van der Waals surface area (Å²) in [6, 6.07) is 12.8. The van der Waals surface area contributed by atoms with Crippen LogP contribution in [0.15, 0.2) is 42.5 Å². The lowest BCUT2D eigenvalue weighted by atomic mass is 10.0. The number of halogens is 2. The van der Waals surface area contributed by atoms with Crippen LogP contribution in [-0.4, -0.2) is 15.6 Å². The number of fused-ring (bicyclic) bond motifs is 1. The van der Waals surface area contributed by atoms with Crippen molar-refractivity contribution in [2.24, 2.45) is 7.05 Å². The smallest absolute Gasteiger partial charge is 0.188 e. The van der Waals surface area contributed by atoms with Crippen molar-refractivity contribution < 1.29 is 4.79 Å². The molecule has 0 saturated carbocycles. The van der Waals surface area contributed by atoms with E-state index >= 15 is 0 Å². The highest BCUT2D eigenvalue weighted by Crippen LogP contribution is 2.24. The van der Waals surface area contributed by atoms with Crippen LogP contribution in [0.3, 0.4) is 0 Å². The highest BCUT2D eigenvalue weighted by atomic mass is 35.5. The quantitative estimate of drug-likeness (QED) is 0.675. The molecule has 0 fully saturated rings. The third-order valence-electron chi connectivity index (χ3n) is 3.38. The number of rotatable bonds is 3. The Hall–Kier alpha value is -1.84. The summed E-state index contributed by atoms with van der Waals surface area (Å²) >= 11 is 12.1. The molecular formula is C16H12Cl2N2O. The Labute approximate surface area is 132 Å². The van der Waals surface area contributed by atoms with Gasteiger partial charge < -0.3 is 0 Å². The fraction of sp³-hybridized carbons (Fsp3) is 0.125. The number of carbonyl (C=O) groups is 1. The molecule has 0 atom stereocenters. The molecule has 0 aliphatic heterocycles. The zero-order valence-electron chi connectivity index (χ0n) is 11.3. The van der Waals surface area contributed by atoms with E-state index < -0.39 is 0 Å². The summed E-state index contributed by atoms with van der Waals surface area (Å²) in [7, 11) is 1.82. The van der Waals surface area contributed by atoms with Crippen molar-refractivity contribution in [1.82, 2.24) is 9.78 Å². The lowest BCUT2D eigenvalue weighted by Gasteiger charge is -2.03. The fourth-order valence-corrected chi connectivity index (χ4v) is 2.73. The Bertz CT molecular complexity index is 839. The molecule has 0 amide bonds. The molecule has 0 spiro atoms. The zero-order valence-corrected chi connectivity index (χ0v) is 12.8. The first-order valence-corrected chi connectivity index (χ1v) is 7.20. The van der Waals surface area contributed by atoms with Gasteiger partial charge in [0, 0.05) is 28.9 Å². The van der Waals surface area contributed by atoms with E-state index in [4.69, 9.17) is 23.2 Å². The van der Waals surface area contributed by atoms with Crippen LogP contribution in [0.4, 0.5) is 0 Å². The third kappa shape index (κ3) is 2.67. The van der Waals surface area contributed by atoms with Crippen molar-refractivity contribution in [1.29, 1.82) is 0 Å². The average molecular weight is 319 g/mol. The average Bonchev–Trinajstić information content (AvgIpc) is 2.81. The van der Waals surface area contributed by atoms with E-state index in [1.54, 1.807) is 22.9 Å². The Morgan fingerprint density at radius 3 is 2.76 bits per heavy atom. The Kier molecular flexibility index (Phi) is 3.70. The maximum absolute atomic E-state index is 12.5. The minimum absolute atomic E-state index is 0.0732. The van der Waals surface area contributed by atoms with Gasteiger partial charge in [-0.1, -0.05) is 41.4 Å². The fourth-order valence-electron chi connectivity index (χ4n) is 2.36. The summed E-state index contributed by atoms with van der Waals surface area (Å²) in [6.45, 7) is 0. The molecule has 3 nitrogen and oxygen atoms in total. The molecule has 21 heavy (non-hydrogen) atoms. The van der Waals surface area contributed by atoms with Crippen molar-refractivity contribution in [3.05, 3.63) is 63.8 Å². The summed E-state index contributed by atoms with van der Waals surface area (Å²) in [6.07, 6.45) is 0.181. The van der Waals surface area contributed by atoms with Gasteiger partial charge in [-0.3, -0.25) is 9.48 Å². The first-order chi connectivity index (χ1) is 10.1. The molecule has 0 aliphatic rings. The highest BCUT2D eigenvalue weighted by Gasteiger charge is 2.17. The predicted molar refractivity (Wildman–Crippen MR) is 85.2 cm³/mol. The molecule has 106 valence electrons. The number of para-hydroxylation sites is 1. The van der Waals surface area contributed by atoms with E-state index in [-0.39, 0.29) is 12.2 Å². The van der Waals surface area contributed by atoms with Gasteiger partial charge in [-0.15, -0.1) is 0 Å². The summed E-state index contributed by atoms with van der Waals surface area (Å²) in [4.78, 5) is 12.5. The van der Waals surface area contributed by atoms with E-state index in [1.165, 1.54) is 0 Å². The maximum Gasteiger partial charge on any atom is 0.188 e. The monoisotopic (exact) mass is 318 g/mol. The van der Waals surface area contributed by atoms with Crippen molar-refractivity contribution in [3.63, 3.8) is 0 Å². The largest absolute Gasteiger partial charge is 0.292 e. The number of nitrogens with zero attached hydrogens (tertiary/aromatic N) is 2. The summed E-state index contributed by atoms with van der Waals surface area (Å²) in [5.41, 5.74) is 2.10. The van der Waals surface area contributed by atoms with E-state index in [9.17, 15) is 4.79 Å². The highest BCUT2D eigenvalue weighted by molar-refractivity contribution is 6.33. The topological polar surface area (TPSA) is 34.9 Å². The van der Waals surface area contributed by atoms with Gasteiger partial charge in [0.15, 0.2) is 5.78 Å². The number of benzene rings is 2. The lowest BCUT2D eigenvalue weighted by molar-refractivity contribution is 0.0989. The number of aromatic nitrogens is 2. The molecule has 1 aromatic heterocycles. The molecule has 0 N–H and O–H groups in total. The van der Waals surface area contributed by atoms with Gasteiger partial charge in [-0.25, -0.2) is 0 Å². The second kappa shape index (κ2) is 5.51. The van der Waals surface area contributed by atoms with Crippen LogP contribution in [-0.2, 0) is 13.5 Å². The Balaban J connectivity index is 2.00. The predicted octanol–water partition coefficient (Wildman–Crippen LogP) is 4.31. The van der Waals surface area contributed by atoms with Gasteiger partial charge in [-0.05, 0) is 29.8 Å². The maximum atomic E-state index is 12.5. The molecular weight excluding hydrogens is 307 g/mol. The molecule has 0 bridgehead atoms. The number of aryl methyl sites for hydroxylation is 1. The first kappa shape index (κ1) is 14.1. The number of hydrogen-bond donors (Lipinski definition) is 0. The molecule has 3 rings (SSSR count).